The van der Waals surface area contributed by atoms with E-state index in [9.17, 15) is 9.59 Å². The van der Waals surface area contributed by atoms with Gasteiger partial charge in [0.15, 0.2) is 5.60 Å². The van der Waals surface area contributed by atoms with Gasteiger partial charge in [0.05, 0.1) is 6.61 Å². The number of nitrogens with zero attached hydrogens (tertiary/aromatic N) is 1. The molecule has 150 valence electrons. The van der Waals surface area contributed by atoms with Crippen molar-refractivity contribution in [2.75, 3.05) is 6.61 Å². The van der Waals surface area contributed by atoms with Crippen LogP contribution in [-0.2, 0) is 20.9 Å². The van der Waals surface area contributed by atoms with E-state index >= 15 is 0 Å². The van der Waals surface area contributed by atoms with Gasteiger partial charge >= 0.3 is 5.97 Å². The van der Waals surface area contributed by atoms with Crippen LogP contribution >= 0.6 is 12.4 Å². The molecule has 0 atom stereocenters. The SMILES string of the molecule is CCOC(=O)C(C)(C)Oc1ccccc1/C=C/C(=O)NCc1cccnc1.Cl. The molecule has 1 aromatic carbocycles. The maximum Gasteiger partial charge on any atom is 0.349 e. The molecule has 7 heteroatoms. The lowest BCUT2D eigenvalue weighted by Gasteiger charge is -2.25. The predicted octanol–water partition coefficient (Wildman–Crippen LogP) is 3.55. The summed E-state index contributed by atoms with van der Waals surface area (Å²) in [4.78, 5) is 28.1. The van der Waals surface area contributed by atoms with Gasteiger partial charge < -0.3 is 14.8 Å². The maximum atomic E-state index is 12.0. The van der Waals surface area contributed by atoms with Crippen LogP contribution in [0, 0.1) is 0 Å². The van der Waals surface area contributed by atoms with Crippen molar-refractivity contribution in [3.05, 3.63) is 66.0 Å². The summed E-state index contributed by atoms with van der Waals surface area (Å²) >= 11 is 0. The minimum absolute atomic E-state index is 0. The number of amides is 1. The Hall–Kier alpha value is -2.86. The van der Waals surface area contributed by atoms with E-state index in [4.69, 9.17) is 9.47 Å². The Kier molecular flexibility index (Phi) is 9.18. The summed E-state index contributed by atoms with van der Waals surface area (Å²) in [6.07, 6.45) is 6.45. The number of hydrogen-bond donors (Lipinski definition) is 1. The summed E-state index contributed by atoms with van der Waals surface area (Å²) in [7, 11) is 0. The Bertz CT molecular complexity index is 807. The van der Waals surface area contributed by atoms with E-state index in [-0.39, 0.29) is 24.9 Å². The summed E-state index contributed by atoms with van der Waals surface area (Å²) in [6.45, 7) is 5.71. The van der Waals surface area contributed by atoms with Gasteiger partial charge in [0, 0.05) is 30.6 Å². The second-order valence-corrected chi connectivity index (χ2v) is 6.28. The van der Waals surface area contributed by atoms with Gasteiger partial charge in [-0.05, 0) is 44.5 Å². The highest BCUT2D eigenvalue weighted by molar-refractivity contribution is 5.92. The topological polar surface area (TPSA) is 77.5 Å². The number of esters is 1. The molecule has 2 rings (SSSR count). The first-order valence-corrected chi connectivity index (χ1v) is 8.72. The summed E-state index contributed by atoms with van der Waals surface area (Å²) in [5.41, 5.74) is 0.466. The molecule has 0 saturated heterocycles. The number of carbonyl (C=O) groups is 2. The molecule has 28 heavy (non-hydrogen) atoms. The van der Waals surface area contributed by atoms with E-state index in [2.05, 4.69) is 10.3 Å². The smallest absolute Gasteiger partial charge is 0.349 e. The molecule has 0 radical (unpaired) electrons. The second kappa shape index (κ2) is 11.1. The Labute approximate surface area is 171 Å². The molecular formula is C21H25ClN2O4. The quantitative estimate of drug-likeness (QED) is 0.537. The molecule has 1 amide bonds. The second-order valence-electron chi connectivity index (χ2n) is 6.28. The van der Waals surface area contributed by atoms with Gasteiger partial charge in [-0.15, -0.1) is 12.4 Å². The minimum Gasteiger partial charge on any atom is -0.476 e. The molecule has 2 aromatic rings. The first-order valence-electron chi connectivity index (χ1n) is 8.72. The van der Waals surface area contributed by atoms with Crippen LogP contribution in [0.5, 0.6) is 5.75 Å². The number of para-hydroxylation sites is 1. The van der Waals surface area contributed by atoms with Crippen molar-refractivity contribution in [1.29, 1.82) is 0 Å². The Morgan fingerprint density at radius 1 is 1.18 bits per heavy atom. The highest BCUT2D eigenvalue weighted by Gasteiger charge is 2.32. The summed E-state index contributed by atoms with van der Waals surface area (Å²) in [5, 5.41) is 2.79. The van der Waals surface area contributed by atoms with Gasteiger partial charge in [-0.3, -0.25) is 9.78 Å². The van der Waals surface area contributed by atoms with Crippen molar-refractivity contribution in [2.45, 2.75) is 32.9 Å². The van der Waals surface area contributed by atoms with Crippen LogP contribution < -0.4 is 10.1 Å². The molecule has 1 heterocycles. The molecular weight excluding hydrogens is 380 g/mol. The Morgan fingerprint density at radius 3 is 2.61 bits per heavy atom. The third-order valence-corrected chi connectivity index (χ3v) is 3.65. The van der Waals surface area contributed by atoms with Crippen molar-refractivity contribution >= 4 is 30.4 Å². The number of ether oxygens (including phenoxy) is 2. The Balaban J connectivity index is 0.00000392. The molecule has 0 fully saturated rings. The van der Waals surface area contributed by atoms with Gasteiger partial charge in [-0.2, -0.15) is 0 Å². The van der Waals surface area contributed by atoms with Crippen molar-refractivity contribution in [1.82, 2.24) is 10.3 Å². The zero-order chi connectivity index (χ0) is 19.7. The van der Waals surface area contributed by atoms with Crippen LogP contribution in [0.2, 0.25) is 0 Å². The summed E-state index contributed by atoms with van der Waals surface area (Å²) in [6, 6.07) is 10.9. The standard InChI is InChI=1S/C21H24N2O4.ClH/c1-4-26-20(25)21(2,3)27-18-10-6-5-9-17(18)11-12-19(24)23-15-16-8-7-13-22-14-16;/h5-14H,4,15H2,1-3H3,(H,23,24);1H/b12-11+;. The number of benzene rings is 1. The van der Waals surface area contributed by atoms with Gasteiger partial charge in [0.1, 0.15) is 5.75 Å². The van der Waals surface area contributed by atoms with E-state index in [0.29, 0.717) is 17.9 Å². The largest absolute Gasteiger partial charge is 0.476 e. The average molecular weight is 405 g/mol. The number of carbonyl (C=O) groups excluding carboxylic acids is 2. The molecule has 0 unspecified atom stereocenters. The van der Waals surface area contributed by atoms with Crippen LogP contribution in [0.25, 0.3) is 6.08 Å². The van der Waals surface area contributed by atoms with E-state index in [1.807, 2.05) is 24.3 Å². The van der Waals surface area contributed by atoms with Crippen LogP contribution in [0.1, 0.15) is 31.9 Å². The molecule has 1 N–H and O–H groups in total. The minimum atomic E-state index is -1.14. The summed E-state index contributed by atoms with van der Waals surface area (Å²) < 4.78 is 10.9. The van der Waals surface area contributed by atoms with Crippen molar-refractivity contribution in [3.8, 4) is 5.75 Å². The molecule has 0 bridgehead atoms. The number of aromatic nitrogens is 1. The predicted molar refractivity (Wildman–Crippen MR) is 110 cm³/mol. The number of rotatable bonds is 8. The van der Waals surface area contributed by atoms with E-state index in [0.717, 1.165) is 5.56 Å². The van der Waals surface area contributed by atoms with Crippen LogP contribution in [0.15, 0.2) is 54.9 Å². The normalized spacial score (nSPS) is 10.8. The van der Waals surface area contributed by atoms with E-state index in [1.165, 1.54) is 6.08 Å². The highest BCUT2D eigenvalue weighted by Crippen LogP contribution is 2.25. The van der Waals surface area contributed by atoms with Gasteiger partial charge in [0.2, 0.25) is 5.91 Å². The fraction of sp³-hybridized carbons (Fsp3) is 0.286. The third kappa shape index (κ3) is 7.04. The molecule has 0 aliphatic rings. The maximum absolute atomic E-state index is 12.0. The lowest BCUT2D eigenvalue weighted by molar-refractivity contribution is -0.158. The molecule has 6 nitrogen and oxygen atoms in total. The Morgan fingerprint density at radius 2 is 1.93 bits per heavy atom. The fourth-order valence-corrected chi connectivity index (χ4v) is 2.25. The third-order valence-electron chi connectivity index (χ3n) is 3.65. The monoisotopic (exact) mass is 404 g/mol. The number of halogens is 1. The van der Waals surface area contributed by atoms with Crippen molar-refractivity contribution < 1.29 is 19.1 Å². The first kappa shape index (κ1) is 23.2. The van der Waals surface area contributed by atoms with E-state index < -0.39 is 11.6 Å². The fourth-order valence-electron chi connectivity index (χ4n) is 2.25. The number of nitrogens with one attached hydrogen (secondary N) is 1. The van der Waals surface area contributed by atoms with Crippen LogP contribution in [0.4, 0.5) is 0 Å². The van der Waals surface area contributed by atoms with E-state index in [1.54, 1.807) is 51.4 Å². The molecule has 0 aliphatic carbocycles. The van der Waals surface area contributed by atoms with Crippen molar-refractivity contribution in [2.24, 2.45) is 0 Å². The van der Waals surface area contributed by atoms with Crippen LogP contribution in [0.3, 0.4) is 0 Å². The zero-order valence-corrected chi connectivity index (χ0v) is 17.0. The highest BCUT2D eigenvalue weighted by atomic mass is 35.5. The molecule has 0 spiro atoms. The van der Waals surface area contributed by atoms with Crippen LogP contribution in [-0.4, -0.2) is 29.1 Å². The van der Waals surface area contributed by atoms with Gasteiger partial charge in [-0.1, -0.05) is 24.3 Å². The van der Waals surface area contributed by atoms with Gasteiger partial charge in [0.25, 0.3) is 0 Å². The molecule has 0 aliphatic heterocycles. The number of hydrogen-bond acceptors (Lipinski definition) is 5. The number of pyridine rings is 1. The lowest BCUT2D eigenvalue weighted by Crippen LogP contribution is -2.39. The molecule has 1 aromatic heterocycles. The first-order chi connectivity index (χ1) is 12.9. The van der Waals surface area contributed by atoms with Crippen molar-refractivity contribution in [3.63, 3.8) is 0 Å². The lowest BCUT2D eigenvalue weighted by atomic mass is 10.1. The zero-order valence-electron chi connectivity index (χ0n) is 16.2. The van der Waals surface area contributed by atoms with Gasteiger partial charge in [-0.25, -0.2) is 4.79 Å². The molecule has 0 saturated carbocycles. The summed E-state index contributed by atoms with van der Waals surface area (Å²) in [5.74, 6) is -0.192. The average Bonchev–Trinajstić information content (AvgIpc) is 2.66.